The van der Waals surface area contributed by atoms with Gasteiger partial charge in [0.05, 0.1) is 12.5 Å². The van der Waals surface area contributed by atoms with Crippen molar-refractivity contribution in [3.05, 3.63) is 0 Å². The Labute approximate surface area is 72.1 Å². The molecule has 1 saturated carbocycles. The van der Waals surface area contributed by atoms with Gasteiger partial charge in [0.2, 0.25) is 0 Å². The average molecular weight is 170 g/mol. The first-order valence-corrected chi connectivity index (χ1v) is 4.39. The molecule has 1 aliphatic rings. The van der Waals surface area contributed by atoms with Crippen molar-refractivity contribution in [3.8, 4) is 0 Å². The van der Waals surface area contributed by atoms with Crippen molar-refractivity contribution in [2.45, 2.75) is 26.2 Å². The van der Waals surface area contributed by atoms with Gasteiger partial charge in [0.25, 0.3) is 0 Å². The lowest BCUT2D eigenvalue weighted by atomic mass is 10.1. The van der Waals surface area contributed by atoms with E-state index in [2.05, 4.69) is 0 Å². The maximum atomic E-state index is 11.2. The number of ether oxygens (including phenoxy) is 1. The van der Waals surface area contributed by atoms with Gasteiger partial charge in [-0.1, -0.05) is 0 Å². The number of hydrogen-bond donors (Lipinski definition) is 0. The summed E-state index contributed by atoms with van der Waals surface area (Å²) in [6.45, 7) is 2.23. The zero-order chi connectivity index (χ0) is 8.97. The highest BCUT2D eigenvalue weighted by atomic mass is 16.5. The van der Waals surface area contributed by atoms with E-state index in [1.807, 2.05) is 0 Å². The number of aldehydes is 1. The summed E-state index contributed by atoms with van der Waals surface area (Å²) in [6, 6.07) is 0. The van der Waals surface area contributed by atoms with E-state index >= 15 is 0 Å². The Balaban J connectivity index is 2.35. The van der Waals surface area contributed by atoms with Crippen LogP contribution in [0.3, 0.4) is 0 Å². The maximum absolute atomic E-state index is 11.2. The van der Waals surface area contributed by atoms with Crippen molar-refractivity contribution in [3.63, 3.8) is 0 Å². The molecular formula is C9H14O3. The molecule has 0 aromatic heterocycles. The van der Waals surface area contributed by atoms with Gasteiger partial charge in [-0.3, -0.25) is 4.79 Å². The van der Waals surface area contributed by atoms with E-state index in [4.69, 9.17) is 4.74 Å². The van der Waals surface area contributed by atoms with Crippen molar-refractivity contribution in [2.75, 3.05) is 6.61 Å². The summed E-state index contributed by atoms with van der Waals surface area (Å²) >= 11 is 0. The van der Waals surface area contributed by atoms with Crippen LogP contribution in [0.1, 0.15) is 26.2 Å². The van der Waals surface area contributed by atoms with Crippen LogP contribution in [-0.2, 0) is 14.3 Å². The van der Waals surface area contributed by atoms with Gasteiger partial charge >= 0.3 is 5.97 Å². The van der Waals surface area contributed by atoms with Crippen molar-refractivity contribution in [1.82, 2.24) is 0 Å². The van der Waals surface area contributed by atoms with Crippen molar-refractivity contribution >= 4 is 12.3 Å². The van der Waals surface area contributed by atoms with Crippen molar-refractivity contribution in [2.24, 2.45) is 11.8 Å². The van der Waals surface area contributed by atoms with E-state index in [0.29, 0.717) is 13.0 Å². The van der Waals surface area contributed by atoms with Crippen LogP contribution in [0, 0.1) is 11.8 Å². The minimum atomic E-state index is -0.137. The molecule has 0 aromatic carbocycles. The number of esters is 1. The molecule has 0 heterocycles. The fourth-order valence-corrected chi connectivity index (χ4v) is 1.61. The van der Waals surface area contributed by atoms with E-state index in [1.54, 1.807) is 6.92 Å². The highest BCUT2D eigenvalue weighted by Crippen LogP contribution is 2.30. The van der Waals surface area contributed by atoms with Crippen LogP contribution in [0.15, 0.2) is 0 Å². The smallest absolute Gasteiger partial charge is 0.308 e. The predicted molar refractivity (Wildman–Crippen MR) is 43.5 cm³/mol. The first-order valence-electron chi connectivity index (χ1n) is 4.39. The van der Waals surface area contributed by atoms with Gasteiger partial charge in [0.1, 0.15) is 6.29 Å². The zero-order valence-corrected chi connectivity index (χ0v) is 7.29. The normalized spacial score (nSPS) is 28.4. The summed E-state index contributed by atoms with van der Waals surface area (Å²) in [5.41, 5.74) is 0. The molecule has 68 valence electrons. The molecule has 3 nitrogen and oxygen atoms in total. The molecular weight excluding hydrogens is 156 g/mol. The Morgan fingerprint density at radius 3 is 2.83 bits per heavy atom. The topological polar surface area (TPSA) is 43.4 Å². The van der Waals surface area contributed by atoms with Gasteiger partial charge < -0.3 is 9.53 Å². The van der Waals surface area contributed by atoms with Crippen LogP contribution in [0.5, 0.6) is 0 Å². The minimum absolute atomic E-state index is 0.0276. The summed E-state index contributed by atoms with van der Waals surface area (Å²) in [4.78, 5) is 21.5. The third-order valence-electron chi connectivity index (χ3n) is 2.29. The minimum Gasteiger partial charge on any atom is -0.466 e. The second-order valence-corrected chi connectivity index (χ2v) is 3.16. The molecule has 0 N–H and O–H groups in total. The van der Waals surface area contributed by atoms with Gasteiger partial charge in [-0.15, -0.1) is 0 Å². The van der Waals surface area contributed by atoms with Crippen LogP contribution >= 0.6 is 0 Å². The van der Waals surface area contributed by atoms with Gasteiger partial charge in [-0.05, 0) is 26.2 Å². The molecule has 0 bridgehead atoms. The van der Waals surface area contributed by atoms with Crippen LogP contribution in [0.4, 0.5) is 0 Å². The maximum Gasteiger partial charge on any atom is 0.308 e. The lowest BCUT2D eigenvalue weighted by Crippen LogP contribution is -2.15. The van der Waals surface area contributed by atoms with E-state index in [0.717, 1.165) is 19.1 Å². The standard InChI is InChI=1S/C9H14O3/c1-2-12-9(11)8-4-3-7(5-8)6-10/h6-8H,2-5H2,1H3. The molecule has 2 atom stereocenters. The quantitative estimate of drug-likeness (QED) is 0.471. The highest BCUT2D eigenvalue weighted by molar-refractivity contribution is 5.73. The van der Waals surface area contributed by atoms with E-state index in [-0.39, 0.29) is 17.8 Å². The molecule has 0 aromatic rings. The Bertz CT molecular complexity index is 177. The molecule has 0 radical (unpaired) electrons. The van der Waals surface area contributed by atoms with Crippen molar-refractivity contribution in [1.29, 1.82) is 0 Å². The fourth-order valence-electron chi connectivity index (χ4n) is 1.61. The lowest BCUT2D eigenvalue weighted by molar-refractivity contribution is -0.147. The summed E-state index contributed by atoms with van der Waals surface area (Å²) in [5.74, 6) is -0.0820. The highest BCUT2D eigenvalue weighted by Gasteiger charge is 2.30. The Morgan fingerprint density at radius 1 is 1.58 bits per heavy atom. The average Bonchev–Trinajstić information content (AvgIpc) is 2.52. The Hall–Kier alpha value is -0.860. The summed E-state index contributed by atoms with van der Waals surface area (Å²) < 4.78 is 4.86. The monoisotopic (exact) mass is 170 g/mol. The van der Waals surface area contributed by atoms with Gasteiger partial charge in [0, 0.05) is 5.92 Å². The summed E-state index contributed by atoms with van der Waals surface area (Å²) in [7, 11) is 0. The second-order valence-electron chi connectivity index (χ2n) is 3.16. The van der Waals surface area contributed by atoms with E-state index in [1.165, 1.54) is 0 Å². The van der Waals surface area contributed by atoms with Crippen molar-refractivity contribution < 1.29 is 14.3 Å². The molecule has 0 saturated heterocycles. The number of carbonyl (C=O) groups excluding carboxylic acids is 2. The summed E-state index contributed by atoms with van der Waals surface area (Å²) in [6.07, 6.45) is 3.27. The third-order valence-corrected chi connectivity index (χ3v) is 2.29. The second kappa shape index (κ2) is 4.24. The molecule has 0 spiro atoms. The fraction of sp³-hybridized carbons (Fsp3) is 0.778. The molecule has 2 unspecified atom stereocenters. The van der Waals surface area contributed by atoms with Gasteiger partial charge in [-0.25, -0.2) is 0 Å². The number of carbonyl (C=O) groups is 2. The molecule has 0 aliphatic heterocycles. The first-order chi connectivity index (χ1) is 5.77. The van der Waals surface area contributed by atoms with Crippen LogP contribution in [0.2, 0.25) is 0 Å². The molecule has 3 heteroatoms. The molecule has 1 rings (SSSR count). The molecule has 1 aliphatic carbocycles. The lowest BCUT2D eigenvalue weighted by Gasteiger charge is -2.06. The summed E-state index contributed by atoms with van der Waals surface area (Å²) in [5, 5.41) is 0. The van der Waals surface area contributed by atoms with Crippen LogP contribution in [0.25, 0.3) is 0 Å². The van der Waals surface area contributed by atoms with Gasteiger partial charge in [0.15, 0.2) is 0 Å². The largest absolute Gasteiger partial charge is 0.466 e. The third kappa shape index (κ3) is 2.06. The Kier molecular flexibility index (Phi) is 3.26. The van der Waals surface area contributed by atoms with Gasteiger partial charge in [-0.2, -0.15) is 0 Å². The van der Waals surface area contributed by atoms with E-state index in [9.17, 15) is 9.59 Å². The molecule has 1 fully saturated rings. The zero-order valence-electron chi connectivity index (χ0n) is 7.29. The number of rotatable bonds is 3. The van der Waals surface area contributed by atoms with E-state index < -0.39 is 0 Å². The first kappa shape index (κ1) is 9.23. The van der Waals surface area contributed by atoms with Crippen LogP contribution in [-0.4, -0.2) is 18.9 Å². The number of hydrogen-bond acceptors (Lipinski definition) is 3. The molecule has 0 amide bonds. The SMILES string of the molecule is CCOC(=O)C1CCC(C=O)C1. The predicted octanol–water partition coefficient (Wildman–Crippen LogP) is 1.16. The Morgan fingerprint density at radius 2 is 2.33 bits per heavy atom. The van der Waals surface area contributed by atoms with Crippen LogP contribution < -0.4 is 0 Å². The molecule has 12 heavy (non-hydrogen) atoms.